The van der Waals surface area contributed by atoms with Gasteiger partial charge < -0.3 is 10.4 Å². The van der Waals surface area contributed by atoms with Crippen LogP contribution in [0.5, 0.6) is 0 Å². The number of hydrogen-bond donors (Lipinski definition) is 2. The number of carbonyl (C=O) groups excluding carboxylic acids is 1. The number of carboxylic acid groups (broad SMARTS) is 1. The lowest BCUT2D eigenvalue weighted by Gasteiger charge is -2.27. The Morgan fingerprint density at radius 3 is 2.55 bits per heavy atom. The van der Waals surface area contributed by atoms with Crippen molar-refractivity contribution in [2.24, 2.45) is 23.7 Å². The van der Waals surface area contributed by atoms with Crippen molar-refractivity contribution in [1.82, 2.24) is 0 Å². The number of carboxylic acids is 1. The standard InChI is InChI=1S/C16H19NO3/c1-9-3-2-4-12(7-9)17-15(18)13-10-5-6-11(8-10)14(13)16(19)20/h2-4,7,10-11,13-14H,5-6,8H2,1H3,(H,17,18)(H,19,20). The number of rotatable bonds is 3. The summed E-state index contributed by atoms with van der Waals surface area (Å²) >= 11 is 0. The first-order valence-electron chi connectivity index (χ1n) is 7.16. The molecule has 2 bridgehead atoms. The molecule has 0 radical (unpaired) electrons. The van der Waals surface area contributed by atoms with Gasteiger partial charge in [0.1, 0.15) is 0 Å². The first-order valence-corrected chi connectivity index (χ1v) is 7.16. The summed E-state index contributed by atoms with van der Waals surface area (Å²) in [6.45, 7) is 1.97. The summed E-state index contributed by atoms with van der Waals surface area (Å²) in [5.74, 6) is -1.39. The summed E-state index contributed by atoms with van der Waals surface area (Å²) < 4.78 is 0. The maximum Gasteiger partial charge on any atom is 0.307 e. The van der Waals surface area contributed by atoms with Crippen LogP contribution >= 0.6 is 0 Å². The van der Waals surface area contributed by atoms with Crippen LogP contribution in [-0.4, -0.2) is 17.0 Å². The average molecular weight is 273 g/mol. The van der Waals surface area contributed by atoms with Gasteiger partial charge in [0.05, 0.1) is 11.8 Å². The number of benzene rings is 1. The van der Waals surface area contributed by atoms with Crippen LogP contribution < -0.4 is 5.32 Å². The molecule has 4 atom stereocenters. The predicted octanol–water partition coefficient (Wildman–Crippen LogP) is 2.68. The van der Waals surface area contributed by atoms with Crippen LogP contribution in [0.15, 0.2) is 24.3 Å². The Hall–Kier alpha value is -1.84. The van der Waals surface area contributed by atoms with Gasteiger partial charge in [0.2, 0.25) is 5.91 Å². The normalized spacial score (nSPS) is 31.2. The molecular weight excluding hydrogens is 254 g/mol. The summed E-state index contributed by atoms with van der Waals surface area (Å²) in [6, 6.07) is 7.60. The third-order valence-electron chi connectivity index (χ3n) is 4.79. The lowest BCUT2D eigenvalue weighted by atomic mass is 9.78. The molecule has 1 aromatic carbocycles. The molecule has 0 aromatic heterocycles. The van der Waals surface area contributed by atoms with E-state index in [-0.39, 0.29) is 23.7 Å². The number of fused-ring (bicyclic) bond motifs is 2. The maximum absolute atomic E-state index is 12.5. The third kappa shape index (κ3) is 2.19. The van der Waals surface area contributed by atoms with E-state index in [9.17, 15) is 14.7 Å². The molecule has 0 heterocycles. The minimum Gasteiger partial charge on any atom is -0.481 e. The quantitative estimate of drug-likeness (QED) is 0.889. The molecule has 1 aromatic rings. The van der Waals surface area contributed by atoms with E-state index in [0.29, 0.717) is 0 Å². The van der Waals surface area contributed by atoms with E-state index in [0.717, 1.165) is 30.5 Å². The number of hydrogen-bond acceptors (Lipinski definition) is 2. The molecule has 4 heteroatoms. The monoisotopic (exact) mass is 273 g/mol. The molecule has 4 unspecified atom stereocenters. The first kappa shape index (κ1) is 13.2. The van der Waals surface area contributed by atoms with Gasteiger partial charge in [-0.05, 0) is 55.7 Å². The number of carbonyl (C=O) groups is 2. The summed E-state index contributed by atoms with van der Waals surface area (Å²) in [4.78, 5) is 23.9. The average Bonchev–Trinajstić information content (AvgIpc) is 2.98. The van der Waals surface area contributed by atoms with E-state index in [1.54, 1.807) is 0 Å². The molecule has 2 aliphatic carbocycles. The second-order valence-electron chi connectivity index (χ2n) is 6.08. The zero-order chi connectivity index (χ0) is 14.3. The Morgan fingerprint density at radius 1 is 1.20 bits per heavy atom. The molecule has 4 nitrogen and oxygen atoms in total. The van der Waals surface area contributed by atoms with E-state index in [2.05, 4.69) is 5.32 Å². The van der Waals surface area contributed by atoms with Crippen LogP contribution in [0.3, 0.4) is 0 Å². The van der Waals surface area contributed by atoms with Crippen LogP contribution in [0.25, 0.3) is 0 Å². The van der Waals surface area contributed by atoms with Gasteiger partial charge in [-0.3, -0.25) is 9.59 Å². The van der Waals surface area contributed by atoms with Crippen molar-refractivity contribution < 1.29 is 14.7 Å². The molecule has 0 aliphatic heterocycles. The van der Waals surface area contributed by atoms with Crippen LogP contribution in [0.1, 0.15) is 24.8 Å². The van der Waals surface area contributed by atoms with E-state index in [1.807, 2.05) is 31.2 Å². The SMILES string of the molecule is Cc1cccc(NC(=O)C2C3CCC(C3)C2C(=O)O)c1. The van der Waals surface area contributed by atoms with Gasteiger partial charge in [-0.2, -0.15) is 0 Å². The van der Waals surface area contributed by atoms with E-state index in [4.69, 9.17) is 0 Å². The maximum atomic E-state index is 12.5. The molecule has 20 heavy (non-hydrogen) atoms. The van der Waals surface area contributed by atoms with Gasteiger partial charge in [-0.1, -0.05) is 12.1 Å². The second-order valence-corrected chi connectivity index (χ2v) is 6.08. The highest BCUT2D eigenvalue weighted by atomic mass is 16.4. The smallest absolute Gasteiger partial charge is 0.307 e. The fourth-order valence-corrected chi connectivity index (χ4v) is 3.97. The van der Waals surface area contributed by atoms with Gasteiger partial charge in [0.15, 0.2) is 0 Å². The topological polar surface area (TPSA) is 66.4 Å². The van der Waals surface area contributed by atoms with E-state index < -0.39 is 11.9 Å². The van der Waals surface area contributed by atoms with Crippen LogP contribution in [0.2, 0.25) is 0 Å². The largest absolute Gasteiger partial charge is 0.481 e. The first-order chi connectivity index (χ1) is 9.56. The van der Waals surface area contributed by atoms with Crippen molar-refractivity contribution in [3.8, 4) is 0 Å². The van der Waals surface area contributed by atoms with Gasteiger partial charge in [0.25, 0.3) is 0 Å². The Balaban J connectivity index is 1.78. The van der Waals surface area contributed by atoms with Crippen LogP contribution in [0, 0.1) is 30.6 Å². The molecule has 0 spiro atoms. The molecule has 2 saturated carbocycles. The Kier molecular flexibility index (Phi) is 3.24. The highest BCUT2D eigenvalue weighted by Gasteiger charge is 2.53. The minimum absolute atomic E-state index is 0.129. The molecule has 2 N–H and O–H groups in total. The van der Waals surface area contributed by atoms with Crippen molar-refractivity contribution in [3.05, 3.63) is 29.8 Å². The van der Waals surface area contributed by atoms with Gasteiger partial charge in [0, 0.05) is 5.69 Å². The Labute approximate surface area is 118 Å². The van der Waals surface area contributed by atoms with Crippen molar-refractivity contribution in [2.45, 2.75) is 26.2 Å². The number of aliphatic carboxylic acids is 1. The number of aryl methyl sites for hydroxylation is 1. The fraction of sp³-hybridized carbons (Fsp3) is 0.500. The molecule has 2 fully saturated rings. The lowest BCUT2D eigenvalue weighted by molar-refractivity contribution is -0.148. The number of nitrogens with one attached hydrogen (secondary N) is 1. The van der Waals surface area contributed by atoms with Crippen LogP contribution in [0.4, 0.5) is 5.69 Å². The van der Waals surface area contributed by atoms with E-state index >= 15 is 0 Å². The highest BCUT2D eigenvalue weighted by Crippen LogP contribution is 2.52. The fourth-order valence-electron chi connectivity index (χ4n) is 3.97. The van der Waals surface area contributed by atoms with Crippen molar-refractivity contribution in [2.75, 3.05) is 5.32 Å². The summed E-state index contributed by atoms with van der Waals surface area (Å²) in [5, 5.41) is 12.3. The minimum atomic E-state index is -0.818. The van der Waals surface area contributed by atoms with E-state index in [1.165, 1.54) is 0 Å². The Morgan fingerprint density at radius 2 is 1.90 bits per heavy atom. The summed E-state index contributed by atoms with van der Waals surface area (Å²) in [5.41, 5.74) is 1.83. The molecule has 2 aliphatic rings. The zero-order valence-electron chi connectivity index (χ0n) is 11.5. The number of anilines is 1. The highest BCUT2D eigenvalue weighted by molar-refractivity contribution is 5.96. The van der Waals surface area contributed by atoms with Crippen molar-refractivity contribution >= 4 is 17.6 Å². The molecular formula is C16H19NO3. The molecule has 106 valence electrons. The van der Waals surface area contributed by atoms with Gasteiger partial charge in [-0.25, -0.2) is 0 Å². The summed E-state index contributed by atoms with van der Waals surface area (Å²) in [6.07, 6.45) is 2.83. The van der Waals surface area contributed by atoms with Crippen molar-refractivity contribution in [3.63, 3.8) is 0 Å². The second kappa shape index (κ2) is 4.93. The van der Waals surface area contributed by atoms with Crippen molar-refractivity contribution in [1.29, 1.82) is 0 Å². The van der Waals surface area contributed by atoms with Crippen LogP contribution in [-0.2, 0) is 9.59 Å². The zero-order valence-corrected chi connectivity index (χ0v) is 11.5. The molecule has 1 amide bonds. The third-order valence-corrected chi connectivity index (χ3v) is 4.79. The predicted molar refractivity (Wildman–Crippen MR) is 75.3 cm³/mol. The van der Waals surface area contributed by atoms with Gasteiger partial charge in [-0.15, -0.1) is 0 Å². The lowest BCUT2D eigenvalue weighted by Crippen LogP contribution is -2.37. The number of amides is 1. The van der Waals surface area contributed by atoms with Gasteiger partial charge >= 0.3 is 5.97 Å². The molecule has 3 rings (SSSR count). The Bertz CT molecular complexity index is 554. The summed E-state index contributed by atoms with van der Waals surface area (Å²) in [7, 11) is 0. The molecule has 0 saturated heterocycles.